The van der Waals surface area contributed by atoms with Gasteiger partial charge in [-0.15, -0.1) is 0 Å². The van der Waals surface area contributed by atoms with Gasteiger partial charge in [0.05, 0.1) is 0 Å². The first kappa shape index (κ1) is 25.7. The number of hydrogen-bond donors (Lipinski definition) is 0. The van der Waals surface area contributed by atoms with E-state index in [2.05, 4.69) is 101 Å². The molecule has 0 saturated heterocycles. The molecular formula is C21H23Cl3SiTi. The zero-order valence-electron chi connectivity index (χ0n) is 15.1. The van der Waals surface area contributed by atoms with Gasteiger partial charge in [-0.3, -0.25) is 0 Å². The van der Waals surface area contributed by atoms with Gasteiger partial charge in [-0.25, -0.2) is 0 Å². The Hall–Kier alpha value is -0.279. The standard InChI is InChI=1S/C21H23Si.3ClH.Ti/c1-3-11-18-12-10-17-21(18)22(2,19-13-6-4-7-14-19)20-15-8-5-9-16-20;;;;/h4-9,12-16H,3,10-11H2,1-2H3;3*1H;/q;;;;+3/p-3. The van der Waals surface area contributed by atoms with Gasteiger partial charge in [0.2, 0.25) is 0 Å². The van der Waals surface area contributed by atoms with Crippen LogP contribution in [-0.4, -0.2) is 8.07 Å². The molecule has 0 radical (unpaired) electrons. The Balaban J connectivity index is 0.00000208. The fourth-order valence-electron chi connectivity index (χ4n) is 3.74. The van der Waals surface area contributed by atoms with Crippen molar-refractivity contribution in [2.24, 2.45) is 0 Å². The van der Waals surface area contributed by atoms with Crippen molar-refractivity contribution in [3.8, 4) is 0 Å². The summed E-state index contributed by atoms with van der Waals surface area (Å²) in [5, 5.41) is 4.71. The van der Waals surface area contributed by atoms with E-state index in [0.29, 0.717) is 0 Å². The minimum absolute atomic E-state index is 0. The zero-order chi connectivity index (χ0) is 16.3. The molecule has 0 spiro atoms. The van der Waals surface area contributed by atoms with Gasteiger partial charge >= 0.3 is 153 Å². The summed E-state index contributed by atoms with van der Waals surface area (Å²) in [5.41, 5.74) is 1.60. The van der Waals surface area contributed by atoms with E-state index >= 15 is 0 Å². The second kappa shape index (κ2) is 11.5. The maximum Gasteiger partial charge on any atom is -1.00 e. The molecule has 0 unspecified atom stereocenters. The number of benzene rings is 2. The Kier molecular flexibility index (Phi) is 11.4. The topological polar surface area (TPSA) is 0 Å². The summed E-state index contributed by atoms with van der Waals surface area (Å²) in [7, 11) is -1.92. The van der Waals surface area contributed by atoms with E-state index in [-0.39, 0.29) is 37.2 Å². The molecule has 3 rings (SSSR count). The number of halogens is 3. The zero-order valence-corrected chi connectivity index (χ0v) is 19.9. The van der Waals surface area contributed by atoms with Crippen LogP contribution in [-0.2, 0) is 20.4 Å². The first-order valence-corrected chi connectivity index (χ1v) is 11.7. The summed E-state index contributed by atoms with van der Waals surface area (Å²) in [5.74, 6) is 0. The van der Waals surface area contributed by atoms with E-state index in [9.17, 15) is 0 Å². The van der Waals surface area contributed by atoms with Crippen LogP contribution in [0.15, 0.2) is 81.4 Å². The number of allylic oxidation sites excluding steroid dienone is 4. The normalized spacial score (nSPS) is 13.3. The van der Waals surface area contributed by atoms with E-state index < -0.39 is 8.07 Å². The van der Waals surface area contributed by atoms with Gasteiger partial charge in [-0.2, -0.15) is 0 Å². The smallest absolute Gasteiger partial charge is 1.00 e. The van der Waals surface area contributed by atoms with Crippen molar-refractivity contribution in [3.05, 3.63) is 81.4 Å². The molecule has 0 N–H and O–H groups in total. The molecule has 0 saturated carbocycles. The van der Waals surface area contributed by atoms with Crippen molar-refractivity contribution in [1.82, 2.24) is 0 Å². The first-order chi connectivity index (χ1) is 11.2. The Morgan fingerprint density at radius 2 is 1.31 bits per heavy atom. The summed E-state index contributed by atoms with van der Waals surface area (Å²) in [4.78, 5) is 0. The van der Waals surface area contributed by atoms with Gasteiger partial charge in [0, 0.05) is 0 Å². The van der Waals surface area contributed by atoms with E-state index in [1.54, 1.807) is 14.6 Å². The van der Waals surface area contributed by atoms with Crippen LogP contribution in [0.1, 0.15) is 26.2 Å². The van der Waals surface area contributed by atoms with Crippen LogP contribution in [0.3, 0.4) is 0 Å². The van der Waals surface area contributed by atoms with Crippen molar-refractivity contribution in [3.63, 3.8) is 0 Å². The van der Waals surface area contributed by atoms with Gasteiger partial charge in [0.25, 0.3) is 0 Å². The van der Waals surface area contributed by atoms with Crippen molar-refractivity contribution < 1.29 is 57.7 Å². The molecule has 1 aliphatic rings. The third-order valence-electron chi connectivity index (χ3n) is 4.90. The monoisotopic (exact) mass is 456 g/mol. The van der Waals surface area contributed by atoms with E-state index in [1.807, 2.05) is 0 Å². The summed E-state index contributed by atoms with van der Waals surface area (Å²) in [6.07, 6.45) is 6.03. The average Bonchev–Trinajstić information content (AvgIpc) is 2.97. The summed E-state index contributed by atoms with van der Waals surface area (Å²) < 4.78 is 1.58. The molecule has 2 aromatic rings. The minimum atomic E-state index is -1.92. The van der Waals surface area contributed by atoms with Crippen molar-refractivity contribution in [2.75, 3.05) is 0 Å². The number of hydrogen-bond acceptors (Lipinski definition) is 0. The molecule has 0 atom stereocenters. The van der Waals surface area contributed by atoms with Crippen molar-refractivity contribution in [2.45, 2.75) is 32.7 Å². The molecule has 2 aromatic carbocycles. The van der Waals surface area contributed by atoms with E-state index in [0.717, 1.165) is 6.42 Å². The predicted octanol–water partition coefficient (Wildman–Crippen LogP) is -4.64. The van der Waals surface area contributed by atoms with Crippen molar-refractivity contribution in [1.29, 1.82) is 0 Å². The molecule has 0 nitrogen and oxygen atoms in total. The van der Waals surface area contributed by atoms with Crippen LogP contribution < -0.4 is 47.6 Å². The van der Waals surface area contributed by atoms with Gasteiger partial charge in [-0.1, -0.05) is 0 Å². The quantitative estimate of drug-likeness (QED) is 0.397. The van der Waals surface area contributed by atoms with E-state index in [4.69, 9.17) is 0 Å². The molecule has 0 aliphatic heterocycles. The molecule has 5 heteroatoms. The summed E-state index contributed by atoms with van der Waals surface area (Å²) in [6.45, 7) is 4.82. The van der Waals surface area contributed by atoms with Gasteiger partial charge < -0.3 is 37.2 Å². The third-order valence-corrected chi connectivity index (χ3v) is 10.6. The Labute approximate surface area is 189 Å². The minimum Gasteiger partial charge on any atom is -1.00 e. The van der Waals surface area contributed by atoms with Gasteiger partial charge in [-0.05, 0) is 0 Å². The Bertz CT molecular complexity index is 703. The molecule has 0 aromatic heterocycles. The molecule has 0 amide bonds. The first-order valence-electron chi connectivity index (χ1n) is 8.43. The van der Waals surface area contributed by atoms with Crippen LogP contribution in [0, 0.1) is 0 Å². The molecule has 0 heterocycles. The van der Waals surface area contributed by atoms with Crippen LogP contribution in [0.2, 0.25) is 6.55 Å². The van der Waals surface area contributed by atoms with Crippen LogP contribution in [0.5, 0.6) is 0 Å². The Morgan fingerprint density at radius 1 is 0.846 bits per heavy atom. The summed E-state index contributed by atoms with van der Waals surface area (Å²) >= 11 is 2.34. The largest absolute Gasteiger partial charge is 1.00 e. The second-order valence-corrected chi connectivity index (χ2v) is 11.2. The average molecular weight is 458 g/mol. The van der Waals surface area contributed by atoms with Crippen LogP contribution in [0.4, 0.5) is 0 Å². The molecule has 26 heavy (non-hydrogen) atoms. The molecular weight excluding hydrogens is 435 g/mol. The van der Waals surface area contributed by atoms with Gasteiger partial charge in [0.1, 0.15) is 0 Å². The fraction of sp³-hybridized carbons (Fsp3) is 0.238. The molecule has 0 bridgehead atoms. The molecule has 0 fully saturated rings. The predicted molar refractivity (Wildman–Crippen MR) is 98.4 cm³/mol. The van der Waals surface area contributed by atoms with Crippen molar-refractivity contribution >= 4 is 18.4 Å². The summed E-state index contributed by atoms with van der Waals surface area (Å²) in [6, 6.07) is 22.4. The SMILES string of the molecule is CCCC1=CC[C]([Ti+3])=C1[Si](C)(c1ccccc1)c1ccccc1.[Cl-].[Cl-].[Cl-]. The third kappa shape index (κ3) is 4.95. The van der Waals surface area contributed by atoms with Crippen LogP contribution >= 0.6 is 0 Å². The van der Waals surface area contributed by atoms with Crippen LogP contribution in [0.25, 0.3) is 0 Å². The molecule has 1 aliphatic carbocycles. The van der Waals surface area contributed by atoms with E-state index in [1.165, 1.54) is 23.2 Å². The second-order valence-electron chi connectivity index (χ2n) is 6.39. The fourth-order valence-corrected chi connectivity index (χ4v) is 9.53. The maximum absolute atomic E-state index is 2.53. The molecule has 136 valence electrons. The maximum atomic E-state index is 2.53. The Morgan fingerprint density at radius 3 is 1.73 bits per heavy atom. The van der Waals surface area contributed by atoms with Gasteiger partial charge in [0.15, 0.2) is 0 Å². The number of rotatable bonds is 5.